The lowest BCUT2D eigenvalue weighted by Crippen LogP contribution is -2.06. The minimum absolute atomic E-state index is 0.286. The molecule has 0 aliphatic heterocycles. The van der Waals surface area contributed by atoms with Crippen molar-refractivity contribution < 1.29 is 14.6 Å². The molecule has 2 aromatic carbocycles. The van der Waals surface area contributed by atoms with Crippen LogP contribution in [0.2, 0.25) is 0 Å². The first-order valence-electron chi connectivity index (χ1n) is 9.61. The van der Waals surface area contributed by atoms with Crippen LogP contribution in [0.5, 0.6) is 5.75 Å². The molecular formula is C23H25NO3. The molecule has 1 aliphatic rings. The van der Waals surface area contributed by atoms with Gasteiger partial charge in [0, 0.05) is 23.5 Å². The monoisotopic (exact) mass is 363 g/mol. The summed E-state index contributed by atoms with van der Waals surface area (Å²) in [6.45, 7) is 0. The fraction of sp³-hybridized carbons (Fsp3) is 0.348. The van der Waals surface area contributed by atoms with E-state index < -0.39 is 0 Å². The Morgan fingerprint density at radius 3 is 2.56 bits per heavy atom. The molecule has 0 saturated heterocycles. The van der Waals surface area contributed by atoms with Crippen LogP contribution in [0, 0.1) is 0 Å². The lowest BCUT2D eigenvalue weighted by Gasteiger charge is -2.23. The van der Waals surface area contributed by atoms with Crippen LogP contribution in [0.25, 0.3) is 22.2 Å². The summed E-state index contributed by atoms with van der Waals surface area (Å²) < 4.78 is 7.01. The summed E-state index contributed by atoms with van der Waals surface area (Å²) in [5.41, 5.74) is 4.74. The van der Waals surface area contributed by atoms with Crippen molar-refractivity contribution >= 4 is 16.9 Å². The van der Waals surface area contributed by atoms with Gasteiger partial charge in [-0.25, -0.2) is 4.79 Å². The number of aromatic hydroxyl groups is 1. The van der Waals surface area contributed by atoms with E-state index in [1.165, 1.54) is 44.8 Å². The number of hydrogen-bond donors (Lipinski definition) is 1. The second-order valence-corrected chi connectivity index (χ2v) is 7.40. The summed E-state index contributed by atoms with van der Waals surface area (Å²) in [5.74, 6) is 0.427. The highest BCUT2D eigenvalue weighted by atomic mass is 16.5. The van der Waals surface area contributed by atoms with Gasteiger partial charge in [-0.05, 0) is 48.6 Å². The van der Waals surface area contributed by atoms with Gasteiger partial charge in [0.1, 0.15) is 5.75 Å². The number of aryl methyl sites for hydroxylation is 1. The minimum Gasteiger partial charge on any atom is -0.507 e. The molecule has 1 N–H and O–H groups in total. The number of benzene rings is 2. The molecular weight excluding hydrogens is 338 g/mol. The summed E-state index contributed by atoms with van der Waals surface area (Å²) in [4.78, 5) is 12.0. The first-order chi connectivity index (χ1) is 13.1. The standard InChI is InChI=1S/C23H25NO3/c1-24-19-14-16(23(26)27-2)12-13-17(19)21(15-8-4-3-5-9-15)22(24)18-10-6-7-11-20(18)25/h6-7,10-15,25H,3-5,8-9H2,1-2H3. The highest BCUT2D eigenvalue weighted by Crippen LogP contribution is 2.45. The molecule has 0 spiro atoms. The van der Waals surface area contributed by atoms with Crippen LogP contribution in [0.15, 0.2) is 42.5 Å². The zero-order valence-electron chi connectivity index (χ0n) is 15.9. The molecule has 0 unspecified atom stereocenters. The Morgan fingerprint density at radius 2 is 1.85 bits per heavy atom. The van der Waals surface area contributed by atoms with Gasteiger partial charge in [-0.3, -0.25) is 0 Å². The van der Waals surface area contributed by atoms with Gasteiger partial charge in [0.15, 0.2) is 0 Å². The molecule has 3 aromatic rings. The molecule has 0 atom stereocenters. The molecule has 0 amide bonds. The lowest BCUT2D eigenvalue weighted by molar-refractivity contribution is 0.0601. The fourth-order valence-electron chi connectivity index (χ4n) is 4.51. The number of methoxy groups -OCH3 is 1. The summed E-state index contributed by atoms with van der Waals surface area (Å²) in [6, 6.07) is 13.3. The number of carbonyl (C=O) groups excluding carboxylic acids is 1. The first-order valence-corrected chi connectivity index (χ1v) is 9.61. The Hall–Kier alpha value is -2.75. The van der Waals surface area contributed by atoms with Crippen molar-refractivity contribution in [1.82, 2.24) is 4.57 Å². The van der Waals surface area contributed by atoms with Crippen molar-refractivity contribution in [3.8, 4) is 17.0 Å². The number of phenols is 1. The second kappa shape index (κ2) is 7.10. The maximum atomic E-state index is 12.0. The van der Waals surface area contributed by atoms with Gasteiger partial charge in [-0.1, -0.05) is 37.5 Å². The van der Waals surface area contributed by atoms with Gasteiger partial charge < -0.3 is 14.4 Å². The highest BCUT2D eigenvalue weighted by molar-refractivity contribution is 5.99. The van der Waals surface area contributed by atoms with E-state index in [-0.39, 0.29) is 11.7 Å². The maximum Gasteiger partial charge on any atom is 0.337 e. The van der Waals surface area contributed by atoms with E-state index in [4.69, 9.17) is 4.74 Å². The minimum atomic E-state index is -0.332. The number of carbonyl (C=O) groups is 1. The van der Waals surface area contributed by atoms with Crippen molar-refractivity contribution in [3.63, 3.8) is 0 Å². The zero-order chi connectivity index (χ0) is 19.0. The Kier molecular flexibility index (Phi) is 4.65. The Balaban J connectivity index is 2.00. The van der Waals surface area contributed by atoms with Crippen LogP contribution >= 0.6 is 0 Å². The molecule has 1 aromatic heterocycles. The third-order valence-electron chi connectivity index (χ3n) is 5.83. The van der Waals surface area contributed by atoms with Crippen molar-refractivity contribution in [2.45, 2.75) is 38.0 Å². The van der Waals surface area contributed by atoms with Gasteiger partial charge >= 0.3 is 5.97 Å². The van der Waals surface area contributed by atoms with E-state index in [1.807, 2.05) is 43.4 Å². The van der Waals surface area contributed by atoms with Crippen molar-refractivity contribution in [2.75, 3.05) is 7.11 Å². The van der Waals surface area contributed by atoms with E-state index in [2.05, 4.69) is 4.57 Å². The molecule has 1 fully saturated rings. The summed E-state index contributed by atoms with van der Waals surface area (Å²) >= 11 is 0. The predicted octanol–water partition coefficient (Wildman–Crippen LogP) is 5.39. The molecule has 1 saturated carbocycles. The quantitative estimate of drug-likeness (QED) is 0.635. The van der Waals surface area contributed by atoms with Gasteiger partial charge in [-0.15, -0.1) is 0 Å². The molecule has 1 heterocycles. The van der Waals surface area contributed by atoms with E-state index in [1.54, 1.807) is 6.07 Å². The van der Waals surface area contributed by atoms with Crippen LogP contribution < -0.4 is 0 Å². The molecule has 27 heavy (non-hydrogen) atoms. The second-order valence-electron chi connectivity index (χ2n) is 7.40. The molecule has 1 aliphatic carbocycles. The fourth-order valence-corrected chi connectivity index (χ4v) is 4.51. The maximum absolute atomic E-state index is 12.0. The van der Waals surface area contributed by atoms with Crippen LogP contribution in [0.1, 0.15) is 53.9 Å². The first kappa shape index (κ1) is 17.7. The number of esters is 1. The lowest BCUT2D eigenvalue weighted by atomic mass is 9.81. The molecule has 4 heteroatoms. The average molecular weight is 363 g/mol. The summed E-state index contributed by atoms with van der Waals surface area (Å²) in [7, 11) is 3.41. The number of rotatable bonds is 3. The smallest absolute Gasteiger partial charge is 0.337 e. The van der Waals surface area contributed by atoms with Crippen molar-refractivity contribution in [3.05, 3.63) is 53.6 Å². The Bertz CT molecular complexity index is 996. The number of phenolic OH excluding ortho intramolecular Hbond substituents is 1. The van der Waals surface area contributed by atoms with Crippen LogP contribution in [0.3, 0.4) is 0 Å². The predicted molar refractivity (Wildman–Crippen MR) is 107 cm³/mol. The summed E-state index contributed by atoms with van der Waals surface area (Å²) in [6.07, 6.45) is 6.10. The molecule has 0 radical (unpaired) electrons. The number of fused-ring (bicyclic) bond motifs is 1. The molecule has 0 bridgehead atoms. The van der Waals surface area contributed by atoms with E-state index in [0.29, 0.717) is 11.5 Å². The van der Waals surface area contributed by atoms with E-state index >= 15 is 0 Å². The van der Waals surface area contributed by atoms with Crippen molar-refractivity contribution in [2.24, 2.45) is 7.05 Å². The van der Waals surface area contributed by atoms with E-state index in [0.717, 1.165) is 22.2 Å². The van der Waals surface area contributed by atoms with Gasteiger partial charge in [0.05, 0.1) is 18.4 Å². The number of aromatic nitrogens is 1. The Morgan fingerprint density at radius 1 is 1.11 bits per heavy atom. The highest BCUT2D eigenvalue weighted by Gasteiger charge is 2.27. The number of hydrogen-bond acceptors (Lipinski definition) is 3. The number of ether oxygens (including phenoxy) is 1. The number of nitrogens with zero attached hydrogens (tertiary/aromatic N) is 1. The van der Waals surface area contributed by atoms with Gasteiger partial charge in [0.2, 0.25) is 0 Å². The molecule has 140 valence electrons. The normalized spacial score (nSPS) is 15.2. The SMILES string of the molecule is COC(=O)c1ccc2c(C3CCCCC3)c(-c3ccccc3O)n(C)c2c1. The third-order valence-corrected chi connectivity index (χ3v) is 5.83. The average Bonchev–Trinajstić information content (AvgIpc) is 3.00. The largest absolute Gasteiger partial charge is 0.507 e. The van der Waals surface area contributed by atoms with Crippen molar-refractivity contribution in [1.29, 1.82) is 0 Å². The molecule has 4 nitrogen and oxygen atoms in total. The van der Waals surface area contributed by atoms with Gasteiger partial charge in [-0.2, -0.15) is 0 Å². The zero-order valence-corrected chi connectivity index (χ0v) is 15.9. The van der Waals surface area contributed by atoms with Crippen LogP contribution in [-0.4, -0.2) is 22.8 Å². The summed E-state index contributed by atoms with van der Waals surface area (Å²) in [5, 5.41) is 11.7. The van der Waals surface area contributed by atoms with Crippen LogP contribution in [-0.2, 0) is 11.8 Å². The molecule has 4 rings (SSSR count). The third kappa shape index (κ3) is 2.99. The number of para-hydroxylation sites is 1. The van der Waals surface area contributed by atoms with E-state index in [9.17, 15) is 9.90 Å². The Labute approximate surface area is 159 Å². The van der Waals surface area contributed by atoms with Gasteiger partial charge in [0.25, 0.3) is 0 Å². The van der Waals surface area contributed by atoms with Crippen LogP contribution in [0.4, 0.5) is 0 Å². The topological polar surface area (TPSA) is 51.5 Å².